The fourth-order valence-corrected chi connectivity index (χ4v) is 3.62. The molecule has 1 heterocycles. The summed E-state index contributed by atoms with van der Waals surface area (Å²) < 4.78 is 10.7. The van der Waals surface area contributed by atoms with Crippen LogP contribution in [-0.2, 0) is 0 Å². The Morgan fingerprint density at radius 1 is 1.37 bits per heavy atom. The molecule has 1 aromatic rings. The van der Waals surface area contributed by atoms with Crippen LogP contribution in [0.15, 0.2) is 18.2 Å². The predicted octanol–water partition coefficient (Wildman–Crippen LogP) is 3.25. The molecule has 0 saturated carbocycles. The van der Waals surface area contributed by atoms with E-state index < -0.39 is 0 Å². The smallest absolute Gasteiger partial charge is 0.123 e. The second kappa shape index (κ2) is 7.06. The van der Waals surface area contributed by atoms with E-state index in [2.05, 4.69) is 30.1 Å². The van der Waals surface area contributed by atoms with Gasteiger partial charge in [0.15, 0.2) is 0 Å². The Balaban J connectivity index is 2.01. The van der Waals surface area contributed by atoms with Crippen molar-refractivity contribution in [1.82, 2.24) is 5.32 Å². The highest BCUT2D eigenvalue weighted by Crippen LogP contribution is 2.30. The third kappa shape index (κ3) is 3.80. The van der Waals surface area contributed by atoms with Gasteiger partial charge in [-0.3, -0.25) is 0 Å². The second-order valence-corrected chi connectivity index (χ2v) is 6.28. The van der Waals surface area contributed by atoms with Crippen LogP contribution >= 0.6 is 11.8 Å². The second-order valence-electron chi connectivity index (χ2n) is 4.87. The van der Waals surface area contributed by atoms with Crippen molar-refractivity contribution >= 4 is 11.8 Å². The Bertz CT molecular complexity index is 405. The maximum Gasteiger partial charge on any atom is 0.123 e. The van der Waals surface area contributed by atoms with Gasteiger partial charge in [0.05, 0.1) is 14.2 Å². The molecule has 0 spiro atoms. The van der Waals surface area contributed by atoms with Crippen molar-refractivity contribution in [3.05, 3.63) is 23.8 Å². The highest BCUT2D eigenvalue weighted by molar-refractivity contribution is 8.00. The van der Waals surface area contributed by atoms with Gasteiger partial charge in [0.1, 0.15) is 11.5 Å². The van der Waals surface area contributed by atoms with Crippen molar-refractivity contribution < 1.29 is 9.47 Å². The average Bonchev–Trinajstić information content (AvgIpc) is 2.97. The van der Waals surface area contributed by atoms with Crippen LogP contribution in [0.1, 0.15) is 31.4 Å². The van der Waals surface area contributed by atoms with Gasteiger partial charge in [0.2, 0.25) is 0 Å². The molecule has 2 rings (SSSR count). The summed E-state index contributed by atoms with van der Waals surface area (Å²) >= 11 is 2.08. The molecular weight excluding hydrogens is 258 g/mol. The van der Waals surface area contributed by atoms with E-state index in [1.54, 1.807) is 14.2 Å². The Morgan fingerprint density at radius 2 is 2.21 bits per heavy atom. The van der Waals surface area contributed by atoms with Crippen molar-refractivity contribution in [1.29, 1.82) is 0 Å². The fraction of sp³-hybridized carbons (Fsp3) is 0.600. The molecule has 0 bridgehead atoms. The van der Waals surface area contributed by atoms with Gasteiger partial charge in [0, 0.05) is 23.4 Å². The summed E-state index contributed by atoms with van der Waals surface area (Å²) in [6.45, 7) is 3.24. The van der Waals surface area contributed by atoms with Crippen LogP contribution in [0, 0.1) is 0 Å². The summed E-state index contributed by atoms with van der Waals surface area (Å²) in [7, 11) is 3.41. The minimum Gasteiger partial charge on any atom is -0.497 e. The number of ether oxygens (including phenoxy) is 2. The molecule has 1 aromatic carbocycles. The van der Waals surface area contributed by atoms with Gasteiger partial charge >= 0.3 is 0 Å². The zero-order valence-electron chi connectivity index (χ0n) is 11.9. The van der Waals surface area contributed by atoms with E-state index in [1.807, 2.05) is 12.1 Å². The Morgan fingerprint density at radius 3 is 2.84 bits per heavy atom. The lowest BCUT2D eigenvalue weighted by Crippen LogP contribution is -2.26. The first kappa shape index (κ1) is 14.5. The monoisotopic (exact) mass is 281 g/mol. The zero-order chi connectivity index (χ0) is 13.7. The summed E-state index contributed by atoms with van der Waals surface area (Å²) in [4.78, 5) is 0. The number of nitrogens with one attached hydrogen (secondary N) is 1. The first-order valence-electron chi connectivity index (χ1n) is 6.81. The van der Waals surface area contributed by atoms with E-state index in [1.165, 1.54) is 18.6 Å². The number of thioether (sulfide) groups is 1. The molecule has 1 aliphatic rings. The standard InChI is InChI=1S/C15H23NO2S/c1-11(16-10-13-5-4-8-19-13)14-9-12(17-2)6-7-15(14)18-3/h6-7,9,11,13,16H,4-5,8,10H2,1-3H3. The largest absolute Gasteiger partial charge is 0.497 e. The Labute approximate surface area is 120 Å². The van der Waals surface area contributed by atoms with E-state index in [4.69, 9.17) is 9.47 Å². The van der Waals surface area contributed by atoms with E-state index in [9.17, 15) is 0 Å². The number of rotatable bonds is 6. The predicted molar refractivity (Wildman–Crippen MR) is 81.4 cm³/mol. The molecule has 2 unspecified atom stereocenters. The first-order chi connectivity index (χ1) is 9.24. The van der Waals surface area contributed by atoms with Gasteiger partial charge < -0.3 is 14.8 Å². The molecule has 3 nitrogen and oxygen atoms in total. The van der Waals surface area contributed by atoms with Crippen LogP contribution in [0.2, 0.25) is 0 Å². The summed E-state index contributed by atoms with van der Waals surface area (Å²) in [5.74, 6) is 3.10. The molecule has 2 atom stereocenters. The number of benzene rings is 1. The summed E-state index contributed by atoms with van der Waals surface area (Å²) in [6.07, 6.45) is 2.69. The summed E-state index contributed by atoms with van der Waals surface area (Å²) in [5, 5.41) is 4.37. The van der Waals surface area contributed by atoms with Crippen molar-refractivity contribution in [3.8, 4) is 11.5 Å². The van der Waals surface area contributed by atoms with Crippen molar-refractivity contribution in [2.45, 2.75) is 31.1 Å². The van der Waals surface area contributed by atoms with Gasteiger partial charge in [-0.25, -0.2) is 0 Å². The molecule has 106 valence electrons. The van der Waals surface area contributed by atoms with Crippen LogP contribution in [0.3, 0.4) is 0 Å². The van der Waals surface area contributed by atoms with Gasteiger partial charge in [-0.15, -0.1) is 0 Å². The van der Waals surface area contributed by atoms with Crippen LogP contribution < -0.4 is 14.8 Å². The molecule has 0 aromatic heterocycles. The van der Waals surface area contributed by atoms with E-state index in [0.717, 1.165) is 28.9 Å². The molecule has 1 saturated heterocycles. The normalized spacial score (nSPS) is 20.3. The lowest BCUT2D eigenvalue weighted by atomic mass is 10.1. The third-order valence-corrected chi connectivity index (χ3v) is 4.98. The molecule has 1 aliphatic heterocycles. The van der Waals surface area contributed by atoms with Crippen LogP contribution in [-0.4, -0.2) is 31.8 Å². The Kier molecular flexibility index (Phi) is 5.40. The van der Waals surface area contributed by atoms with E-state index in [-0.39, 0.29) is 6.04 Å². The number of hydrogen-bond donors (Lipinski definition) is 1. The summed E-state index contributed by atoms with van der Waals surface area (Å²) in [6, 6.07) is 6.22. The highest BCUT2D eigenvalue weighted by atomic mass is 32.2. The van der Waals surface area contributed by atoms with Crippen LogP contribution in [0.4, 0.5) is 0 Å². The summed E-state index contributed by atoms with van der Waals surface area (Å²) in [5.41, 5.74) is 1.16. The molecule has 1 N–H and O–H groups in total. The topological polar surface area (TPSA) is 30.5 Å². The third-order valence-electron chi connectivity index (χ3n) is 3.58. The lowest BCUT2D eigenvalue weighted by Gasteiger charge is -2.20. The maximum atomic E-state index is 5.44. The van der Waals surface area contributed by atoms with Crippen molar-refractivity contribution in [3.63, 3.8) is 0 Å². The van der Waals surface area contributed by atoms with Gasteiger partial charge in [-0.05, 0) is 43.7 Å². The average molecular weight is 281 g/mol. The molecular formula is C15H23NO2S. The molecule has 1 fully saturated rings. The SMILES string of the molecule is COc1ccc(OC)c(C(C)NCC2CCCS2)c1. The van der Waals surface area contributed by atoms with Gasteiger partial charge in [0.25, 0.3) is 0 Å². The first-order valence-corrected chi connectivity index (χ1v) is 7.86. The Hall–Kier alpha value is -0.870. The molecule has 19 heavy (non-hydrogen) atoms. The van der Waals surface area contributed by atoms with Crippen LogP contribution in [0.25, 0.3) is 0 Å². The minimum atomic E-state index is 0.270. The number of methoxy groups -OCH3 is 2. The van der Waals surface area contributed by atoms with E-state index >= 15 is 0 Å². The molecule has 4 heteroatoms. The lowest BCUT2D eigenvalue weighted by molar-refractivity contribution is 0.391. The van der Waals surface area contributed by atoms with E-state index in [0.29, 0.717) is 0 Å². The quantitative estimate of drug-likeness (QED) is 0.867. The van der Waals surface area contributed by atoms with Crippen molar-refractivity contribution in [2.75, 3.05) is 26.5 Å². The molecule has 0 amide bonds. The number of hydrogen-bond acceptors (Lipinski definition) is 4. The fourth-order valence-electron chi connectivity index (χ4n) is 2.40. The molecule has 0 radical (unpaired) electrons. The highest BCUT2D eigenvalue weighted by Gasteiger charge is 2.18. The van der Waals surface area contributed by atoms with Gasteiger partial charge in [-0.1, -0.05) is 0 Å². The van der Waals surface area contributed by atoms with Gasteiger partial charge in [-0.2, -0.15) is 11.8 Å². The molecule has 0 aliphatic carbocycles. The zero-order valence-corrected chi connectivity index (χ0v) is 12.8. The maximum absolute atomic E-state index is 5.44. The minimum absolute atomic E-state index is 0.270. The van der Waals surface area contributed by atoms with Crippen molar-refractivity contribution in [2.24, 2.45) is 0 Å². The van der Waals surface area contributed by atoms with Crippen LogP contribution in [0.5, 0.6) is 11.5 Å².